The van der Waals surface area contributed by atoms with Crippen LogP contribution in [-0.4, -0.2) is 28.8 Å². The number of carbonyl (C=O) groups is 2. The van der Waals surface area contributed by atoms with Crippen molar-refractivity contribution in [3.8, 4) is 0 Å². The highest BCUT2D eigenvalue weighted by Gasteiger charge is 2.20. The van der Waals surface area contributed by atoms with Crippen LogP contribution in [0.25, 0.3) is 10.1 Å². The molecule has 1 amide bonds. The van der Waals surface area contributed by atoms with Gasteiger partial charge in [-0.1, -0.05) is 23.2 Å². The van der Waals surface area contributed by atoms with Gasteiger partial charge in [0.1, 0.15) is 4.88 Å². The lowest BCUT2D eigenvalue weighted by Gasteiger charge is -2.03. The molecule has 130 valence electrons. The molecule has 0 aliphatic heterocycles. The Morgan fingerprint density at radius 1 is 1.28 bits per heavy atom. The maximum Gasteiger partial charge on any atom is 0.349 e. The van der Waals surface area contributed by atoms with Crippen molar-refractivity contribution in [1.29, 1.82) is 0 Å². The summed E-state index contributed by atoms with van der Waals surface area (Å²) in [4.78, 5) is 24.5. The lowest BCUT2D eigenvalue weighted by molar-refractivity contribution is 0.0606. The zero-order chi connectivity index (χ0) is 18.3. The SMILES string of the molecule is COC(=O)c1sc2cc(NC(=O)c3nn(C)c(C)c3Cl)ccc2c1Cl. The van der Waals surface area contributed by atoms with E-state index in [9.17, 15) is 9.59 Å². The Morgan fingerprint density at radius 3 is 2.60 bits per heavy atom. The molecule has 6 nitrogen and oxygen atoms in total. The molecule has 1 aromatic carbocycles. The second-order valence-corrected chi connectivity index (χ2v) is 7.08. The van der Waals surface area contributed by atoms with Crippen molar-refractivity contribution in [3.05, 3.63) is 44.5 Å². The first-order valence-electron chi connectivity index (χ1n) is 7.14. The van der Waals surface area contributed by atoms with Crippen LogP contribution in [0.1, 0.15) is 25.9 Å². The maximum absolute atomic E-state index is 12.4. The first kappa shape index (κ1) is 17.7. The van der Waals surface area contributed by atoms with E-state index in [1.165, 1.54) is 18.4 Å². The minimum atomic E-state index is -0.493. The van der Waals surface area contributed by atoms with Gasteiger partial charge >= 0.3 is 5.97 Å². The number of fused-ring (bicyclic) bond motifs is 1. The molecule has 0 fully saturated rings. The van der Waals surface area contributed by atoms with Crippen LogP contribution in [0.5, 0.6) is 0 Å². The lowest BCUT2D eigenvalue weighted by Crippen LogP contribution is -2.13. The third-order valence-electron chi connectivity index (χ3n) is 3.73. The predicted octanol–water partition coefficient (Wildman–Crippen LogP) is 4.29. The number of anilines is 1. The first-order valence-corrected chi connectivity index (χ1v) is 8.71. The molecule has 3 rings (SSSR count). The molecule has 0 unspecified atom stereocenters. The number of esters is 1. The van der Waals surface area contributed by atoms with Crippen LogP contribution in [0.3, 0.4) is 0 Å². The van der Waals surface area contributed by atoms with Crippen LogP contribution >= 0.6 is 34.5 Å². The average molecular weight is 398 g/mol. The smallest absolute Gasteiger partial charge is 0.349 e. The minimum Gasteiger partial charge on any atom is -0.465 e. The highest BCUT2D eigenvalue weighted by atomic mass is 35.5. The lowest BCUT2D eigenvalue weighted by atomic mass is 10.2. The molecule has 25 heavy (non-hydrogen) atoms. The Hall–Kier alpha value is -2.09. The normalized spacial score (nSPS) is 10.9. The van der Waals surface area contributed by atoms with E-state index < -0.39 is 11.9 Å². The van der Waals surface area contributed by atoms with Crippen molar-refractivity contribution in [2.75, 3.05) is 12.4 Å². The number of hydrogen-bond donors (Lipinski definition) is 1. The second kappa shape index (κ2) is 6.67. The fourth-order valence-electron chi connectivity index (χ4n) is 2.28. The number of benzene rings is 1. The number of methoxy groups -OCH3 is 1. The van der Waals surface area contributed by atoms with E-state index in [-0.39, 0.29) is 5.69 Å². The van der Waals surface area contributed by atoms with Gasteiger partial charge in [0, 0.05) is 22.8 Å². The molecule has 2 aromatic heterocycles. The minimum absolute atomic E-state index is 0.154. The van der Waals surface area contributed by atoms with E-state index in [2.05, 4.69) is 10.4 Å². The summed E-state index contributed by atoms with van der Waals surface area (Å²) in [6.45, 7) is 1.78. The van der Waals surface area contributed by atoms with Gasteiger partial charge in [-0.25, -0.2) is 4.79 Å². The van der Waals surface area contributed by atoms with Crippen molar-refractivity contribution in [3.63, 3.8) is 0 Å². The molecular weight excluding hydrogens is 385 g/mol. The number of halogens is 2. The zero-order valence-electron chi connectivity index (χ0n) is 13.5. The summed E-state index contributed by atoms with van der Waals surface area (Å²) in [6.07, 6.45) is 0. The summed E-state index contributed by atoms with van der Waals surface area (Å²) in [6, 6.07) is 5.17. The number of thiophene rings is 1. The molecule has 0 saturated heterocycles. The van der Waals surface area contributed by atoms with E-state index in [4.69, 9.17) is 27.9 Å². The predicted molar refractivity (Wildman–Crippen MR) is 99.1 cm³/mol. The number of hydrogen-bond acceptors (Lipinski definition) is 5. The Kier molecular flexibility index (Phi) is 4.73. The van der Waals surface area contributed by atoms with Crippen LogP contribution < -0.4 is 5.32 Å². The Labute approximate surface area is 157 Å². The number of aromatic nitrogens is 2. The number of nitrogens with zero attached hydrogens (tertiary/aromatic N) is 2. The summed E-state index contributed by atoms with van der Waals surface area (Å²) >= 11 is 13.6. The number of amides is 1. The molecule has 0 atom stereocenters. The molecule has 0 bridgehead atoms. The number of nitrogens with one attached hydrogen (secondary N) is 1. The van der Waals surface area contributed by atoms with Crippen LogP contribution in [0.4, 0.5) is 5.69 Å². The molecule has 0 spiro atoms. The summed E-state index contributed by atoms with van der Waals surface area (Å²) in [5.74, 6) is -0.906. The van der Waals surface area contributed by atoms with Crippen molar-refractivity contribution < 1.29 is 14.3 Å². The summed E-state index contributed by atoms with van der Waals surface area (Å²) in [5, 5.41) is 8.24. The molecule has 0 aliphatic rings. The van der Waals surface area contributed by atoms with Crippen molar-refractivity contribution in [2.45, 2.75) is 6.92 Å². The van der Waals surface area contributed by atoms with Gasteiger partial charge in [-0.2, -0.15) is 5.10 Å². The number of ether oxygens (including phenoxy) is 1. The Morgan fingerprint density at radius 2 is 2.00 bits per heavy atom. The van der Waals surface area contributed by atoms with Crippen LogP contribution in [0.2, 0.25) is 10.0 Å². The molecule has 1 N–H and O–H groups in total. The fourth-order valence-corrected chi connectivity index (χ4v) is 4.00. The summed E-state index contributed by atoms with van der Waals surface area (Å²) < 4.78 is 7.02. The topological polar surface area (TPSA) is 73.2 Å². The molecule has 0 aliphatic carbocycles. The van der Waals surface area contributed by atoms with E-state index >= 15 is 0 Å². The molecule has 2 heterocycles. The van der Waals surface area contributed by atoms with Gasteiger partial charge in [-0.3, -0.25) is 9.48 Å². The second-order valence-electron chi connectivity index (χ2n) is 5.27. The standard InChI is InChI=1S/C16H13Cl2N3O3S/c1-7-11(17)13(20-21(7)2)15(22)19-8-4-5-9-10(6-8)25-14(12(9)18)16(23)24-3/h4-6H,1-3H3,(H,19,22). The highest BCUT2D eigenvalue weighted by Crippen LogP contribution is 2.37. The number of aryl methyl sites for hydroxylation is 1. The van der Waals surface area contributed by atoms with Gasteiger partial charge in [-0.15, -0.1) is 11.3 Å². The third-order valence-corrected chi connectivity index (χ3v) is 5.82. The largest absolute Gasteiger partial charge is 0.465 e. The quantitative estimate of drug-likeness (QED) is 0.668. The zero-order valence-corrected chi connectivity index (χ0v) is 15.8. The van der Waals surface area contributed by atoms with Gasteiger partial charge in [0.2, 0.25) is 0 Å². The molecular formula is C16H13Cl2N3O3S. The summed E-state index contributed by atoms with van der Waals surface area (Å²) in [5.41, 5.74) is 1.41. The van der Waals surface area contributed by atoms with Gasteiger partial charge in [0.25, 0.3) is 5.91 Å². The van der Waals surface area contributed by atoms with Crippen molar-refractivity contribution >= 4 is 62.2 Å². The van der Waals surface area contributed by atoms with E-state index in [1.54, 1.807) is 36.9 Å². The maximum atomic E-state index is 12.4. The summed E-state index contributed by atoms with van der Waals surface area (Å²) in [7, 11) is 3.01. The molecule has 0 saturated carbocycles. The van der Waals surface area contributed by atoms with Gasteiger partial charge in [-0.05, 0) is 25.1 Å². The van der Waals surface area contributed by atoms with E-state index in [1.807, 2.05) is 0 Å². The average Bonchev–Trinajstić information content (AvgIpc) is 3.05. The molecule has 9 heteroatoms. The van der Waals surface area contributed by atoms with Gasteiger partial charge in [0.15, 0.2) is 5.69 Å². The van der Waals surface area contributed by atoms with Gasteiger partial charge < -0.3 is 10.1 Å². The van der Waals surface area contributed by atoms with E-state index in [0.29, 0.717) is 26.3 Å². The Balaban J connectivity index is 1.93. The van der Waals surface area contributed by atoms with Crippen molar-refractivity contribution in [1.82, 2.24) is 9.78 Å². The molecule has 3 aromatic rings. The molecule has 0 radical (unpaired) electrons. The first-order chi connectivity index (χ1) is 11.8. The monoisotopic (exact) mass is 397 g/mol. The van der Waals surface area contributed by atoms with Crippen LogP contribution in [0, 0.1) is 6.92 Å². The van der Waals surface area contributed by atoms with Crippen molar-refractivity contribution in [2.24, 2.45) is 7.05 Å². The van der Waals surface area contributed by atoms with Gasteiger partial charge in [0.05, 0.1) is 22.8 Å². The number of rotatable bonds is 3. The van der Waals surface area contributed by atoms with E-state index in [0.717, 1.165) is 10.1 Å². The Bertz CT molecular complexity index is 1010. The highest BCUT2D eigenvalue weighted by molar-refractivity contribution is 7.21. The third kappa shape index (κ3) is 3.10. The fraction of sp³-hybridized carbons (Fsp3) is 0.188. The van der Waals surface area contributed by atoms with Crippen LogP contribution in [-0.2, 0) is 11.8 Å². The number of carbonyl (C=O) groups excluding carboxylic acids is 2. The van der Waals surface area contributed by atoms with Crippen LogP contribution in [0.15, 0.2) is 18.2 Å².